The first-order valence-electron chi connectivity index (χ1n) is 7.21. The van der Waals surface area contributed by atoms with Crippen molar-refractivity contribution < 1.29 is 9.53 Å². The van der Waals surface area contributed by atoms with Gasteiger partial charge >= 0.3 is 0 Å². The highest BCUT2D eigenvalue weighted by Gasteiger charge is 2.20. The monoisotopic (exact) mass is 371 g/mol. The highest BCUT2D eigenvalue weighted by molar-refractivity contribution is 8.01. The third kappa shape index (κ3) is 5.67. The number of hydrogen-bond acceptors (Lipinski definition) is 6. The molecule has 1 amide bonds. The largest absolute Gasteiger partial charge is 0.481 e. The summed E-state index contributed by atoms with van der Waals surface area (Å²) in [4.78, 5) is 12.3. The molecule has 0 aliphatic rings. The Morgan fingerprint density at radius 1 is 1.35 bits per heavy atom. The Bertz CT molecular complexity index is 646. The summed E-state index contributed by atoms with van der Waals surface area (Å²) in [7, 11) is 0. The molecule has 0 unspecified atom stereocenters. The summed E-state index contributed by atoms with van der Waals surface area (Å²) >= 11 is 8.82. The summed E-state index contributed by atoms with van der Waals surface area (Å²) in [5, 5.41) is 12.3. The maximum Gasteiger partial charge on any atom is 0.267 e. The van der Waals surface area contributed by atoms with E-state index in [1.165, 1.54) is 11.3 Å². The quantitative estimate of drug-likeness (QED) is 0.574. The number of benzene rings is 1. The van der Waals surface area contributed by atoms with Crippen LogP contribution in [-0.4, -0.2) is 27.5 Å². The molecule has 0 saturated heterocycles. The van der Waals surface area contributed by atoms with E-state index in [4.69, 9.17) is 16.3 Å². The summed E-state index contributed by atoms with van der Waals surface area (Å²) in [6.45, 7) is 6.05. The first-order valence-corrected chi connectivity index (χ1v) is 9.28. The van der Waals surface area contributed by atoms with Crippen LogP contribution in [0.25, 0.3) is 0 Å². The lowest BCUT2D eigenvalue weighted by Gasteiger charge is -2.16. The number of carbonyl (C=O) groups is 1. The molecule has 5 nitrogen and oxygen atoms in total. The summed E-state index contributed by atoms with van der Waals surface area (Å²) < 4.78 is 6.54. The minimum absolute atomic E-state index is 0.236. The maximum atomic E-state index is 12.3. The molecule has 1 heterocycles. The molecule has 1 N–H and O–H groups in total. The Morgan fingerprint density at radius 2 is 2.04 bits per heavy atom. The van der Waals surface area contributed by atoms with Gasteiger partial charge in [0.1, 0.15) is 5.75 Å². The number of ether oxygens (including phenoxy) is 1. The summed E-state index contributed by atoms with van der Waals surface area (Å²) in [5.74, 6) is 0.365. The van der Waals surface area contributed by atoms with Crippen LogP contribution in [0, 0.1) is 0 Å². The molecule has 2 rings (SSSR count). The highest BCUT2D eigenvalue weighted by atomic mass is 35.5. The van der Waals surface area contributed by atoms with Gasteiger partial charge < -0.3 is 4.74 Å². The number of anilines is 1. The van der Waals surface area contributed by atoms with E-state index in [1.54, 1.807) is 36.0 Å². The number of aromatic nitrogens is 2. The van der Waals surface area contributed by atoms with Crippen molar-refractivity contribution in [3.05, 3.63) is 29.3 Å². The molecule has 124 valence electrons. The predicted octanol–water partition coefficient (Wildman–Crippen LogP) is 4.49. The van der Waals surface area contributed by atoms with Crippen molar-refractivity contribution >= 4 is 45.7 Å². The van der Waals surface area contributed by atoms with Gasteiger partial charge in [0.15, 0.2) is 10.4 Å². The highest BCUT2D eigenvalue weighted by Crippen LogP contribution is 2.28. The second kappa shape index (κ2) is 8.52. The van der Waals surface area contributed by atoms with Crippen molar-refractivity contribution in [1.29, 1.82) is 0 Å². The molecule has 0 aliphatic heterocycles. The zero-order valence-corrected chi connectivity index (χ0v) is 15.5. The van der Waals surface area contributed by atoms with Crippen LogP contribution in [0.1, 0.15) is 27.2 Å². The molecular weight excluding hydrogens is 354 g/mol. The molecule has 0 saturated carbocycles. The summed E-state index contributed by atoms with van der Waals surface area (Å²) in [5.41, 5.74) is 0. The number of hydrogen-bond donors (Lipinski definition) is 1. The van der Waals surface area contributed by atoms with E-state index in [9.17, 15) is 4.79 Å². The molecule has 0 aliphatic carbocycles. The number of thioether (sulfide) groups is 1. The Labute approximate surface area is 148 Å². The molecule has 8 heteroatoms. The lowest BCUT2D eigenvalue weighted by Crippen LogP contribution is -2.32. The molecule has 1 aromatic carbocycles. The van der Waals surface area contributed by atoms with E-state index in [0.717, 1.165) is 4.34 Å². The number of nitrogens with zero attached hydrogens (tertiary/aromatic N) is 2. The Morgan fingerprint density at radius 3 is 2.65 bits per heavy atom. The molecule has 1 atom stereocenters. The average molecular weight is 372 g/mol. The van der Waals surface area contributed by atoms with Crippen molar-refractivity contribution in [2.24, 2.45) is 0 Å². The molecule has 0 fully saturated rings. The lowest BCUT2D eigenvalue weighted by atomic mass is 10.2. The van der Waals surface area contributed by atoms with E-state index in [2.05, 4.69) is 29.4 Å². The van der Waals surface area contributed by atoms with Crippen molar-refractivity contribution in [1.82, 2.24) is 10.2 Å². The lowest BCUT2D eigenvalue weighted by molar-refractivity contribution is -0.122. The van der Waals surface area contributed by atoms with Crippen LogP contribution in [0.5, 0.6) is 5.75 Å². The maximum absolute atomic E-state index is 12.3. The van der Waals surface area contributed by atoms with Gasteiger partial charge in [0, 0.05) is 10.3 Å². The van der Waals surface area contributed by atoms with Gasteiger partial charge in [0.05, 0.1) is 0 Å². The van der Waals surface area contributed by atoms with Gasteiger partial charge in [0.25, 0.3) is 5.91 Å². The second-order valence-electron chi connectivity index (χ2n) is 5.00. The van der Waals surface area contributed by atoms with Crippen LogP contribution in [0.2, 0.25) is 5.02 Å². The van der Waals surface area contributed by atoms with E-state index in [0.29, 0.717) is 27.6 Å². The molecular formula is C15H18ClN3O2S2. The van der Waals surface area contributed by atoms with Crippen LogP contribution in [0.15, 0.2) is 28.6 Å². The fourth-order valence-electron chi connectivity index (χ4n) is 1.70. The van der Waals surface area contributed by atoms with Gasteiger partial charge in [-0.15, -0.1) is 10.2 Å². The van der Waals surface area contributed by atoms with Crippen LogP contribution in [-0.2, 0) is 4.79 Å². The van der Waals surface area contributed by atoms with Gasteiger partial charge in [0.2, 0.25) is 5.13 Å². The normalized spacial score (nSPS) is 12.2. The molecule has 1 aromatic heterocycles. The smallest absolute Gasteiger partial charge is 0.267 e. The van der Waals surface area contributed by atoms with E-state index in [1.807, 2.05) is 6.92 Å². The van der Waals surface area contributed by atoms with Crippen molar-refractivity contribution in [3.8, 4) is 5.75 Å². The van der Waals surface area contributed by atoms with Crippen molar-refractivity contribution in [2.75, 3.05) is 5.32 Å². The summed E-state index contributed by atoms with van der Waals surface area (Å²) in [6, 6.07) is 6.92. The van der Waals surface area contributed by atoms with Crippen LogP contribution >= 0.6 is 34.7 Å². The topological polar surface area (TPSA) is 64.1 Å². The first-order chi connectivity index (χ1) is 11.0. The van der Waals surface area contributed by atoms with E-state index in [-0.39, 0.29) is 5.91 Å². The number of rotatable bonds is 7. The Balaban J connectivity index is 1.96. The summed E-state index contributed by atoms with van der Waals surface area (Å²) in [6.07, 6.45) is -0.0535. The molecule has 23 heavy (non-hydrogen) atoms. The Hall–Kier alpha value is -1.31. The fourth-order valence-corrected chi connectivity index (χ4v) is 3.80. The van der Waals surface area contributed by atoms with Gasteiger partial charge in [-0.1, -0.05) is 55.5 Å². The van der Waals surface area contributed by atoms with E-state index >= 15 is 0 Å². The number of carbonyl (C=O) groups excluding carboxylic acids is 1. The van der Waals surface area contributed by atoms with Crippen LogP contribution < -0.4 is 10.1 Å². The van der Waals surface area contributed by atoms with Gasteiger partial charge in [-0.2, -0.15) is 0 Å². The zero-order chi connectivity index (χ0) is 16.8. The fraction of sp³-hybridized carbons (Fsp3) is 0.400. The zero-order valence-electron chi connectivity index (χ0n) is 13.1. The standard InChI is InChI=1S/C15H18ClN3O2S2/c1-4-12(21-11-7-5-10(16)6-8-11)13(20)17-14-18-19-15(23-14)22-9(2)3/h5-9,12H,4H2,1-3H3,(H,17,18,20)/t12-/m0/s1. The Kier molecular flexibility index (Phi) is 6.68. The third-order valence-corrected chi connectivity index (χ3v) is 4.91. The molecule has 0 spiro atoms. The molecule has 0 radical (unpaired) electrons. The van der Waals surface area contributed by atoms with Gasteiger partial charge in [-0.25, -0.2) is 0 Å². The SMILES string of the molecule is CC[C@H](Oc1ccc(Cl)cc1)C(=O)Nc1nnc(SC(C)C)s1. The predicted molar refractivity (Wildman–Crippen MR) is 95.7 cm³/mol. The number of halogens is 1. The third-order valence-electron chi connectivity index (χ3n) is 2.73. The van der Waals surface area contributed by atoms with Crippen LogP contribution in [0.3, 0.4) is 0 Å². The molecule has 0 bridgehead atoms. The van der Waals surface area contributed by atoms with Crippen molar-refractivity contribution in [3.63, 3.8) is 0 Å². The molecule has 2 aromatic rings. The first kappa shape index (κ1) is 18.0. The van der Waals surface area contributed by atoms with Crippen LogP contribution in [0.4, 0.5) is 5.13 Å². The van der Waals surface area contributed by atoms with E-state index < -0.39 is 6.10 Å². The second-order valence-corrected chi connectivity index (χ2v) is 8.24. The van der Waals surface area contributed by atoms with Gasteiger partial charge in [-0.3, -0.25) is 10.1 Å². The minimum Gasteiger partial charge on any atom is -0.481 e. The minimum atomic E-state index is -0.596. The number of nitrogens with one attached hydrogen (secondary N) is 1. The van der Waals surface area contributed by atoms with Gasteiger partial charge in [-0.05, 0) is 30.7 Å². The average Bonchev–Trinajstić information content (AvgIpc) is 2.92. The van der Waals surface area contributed by atoms with Crippen molar-refractivity contribution in [2.45, 2.75) is 42.9 Å². The number of amides is 1.